The summed E-state index contributed by atoms with van der Waals surface area (Å²) in [5, 5.41) is 15.6. The normalized spacial score (nSPS) is 12.9. The van der Waals surface area contributed by atoms with Crippen LogP contribution in [0.4, 0.5) is 13.2 Å². The largest absolute Gasteiger partial charge is 0.416 e. The second-order valence-electron chi connectivity index (χ2n) is 5.79. The molecule has 2 aromatic rings. The zero-order chi connectivity index (χ0) is 19.0. The van der Waals surface area contributed by atoms with E-state index >= 15 is 0 Å². The van der Waals surface area contributed by atoms with E-state index in [1.165, 1.54) is 6.07 Å². The number of hydrogen-bond acceptors (Lipinski definition) is 2. The molecule has 0 aliphatic rings. The summed E-state index contributed by atoms with van der Waals surface area (Å²) in [7, 11) is 1.58. The van der Waals surface area contributed by atoms with Gasteiger partial charge in [0.05, 0.1) is 12.2 Å². The summed E-state index contributed by atoms with van der Waals surface area (Å²) in [6.45, 7) is 0.628. The lowest BCUT2D eigenvalue weighted by Crippen LogP contribution is -2.39. The smallest absolute Gasteiger partial charge is 0.396 e. The van der Waals surface area contributed by atoms with E-state index in [4.69, 9.17) is 0 Å². The van der Waals surface area contributed by atoms with Crippen LogP contribution in [0.2, 0.25) is 0 Å². The number of halogens is 4. The van der Waals surface area contributed by atoms with Gasteiger partial charge in [-0.15, -0.1) is 24.0 Å². The first-order valence-corrected chi connectivity index (χ1v) is 8.20. The molecule has 1 unspecified atom stereocenters. The van der Waals surface area contributed by atoms with Crippen LogP contribution >= 0.6 is 24.0 Å². The number of alkyl halides is 3. The summed E-state index contributed by atoms with van der Waals surface area (Å²) in [4.78, 5) is 4.06. The van der Waals surface area contributed by atoms with E-state index in [-0.39, 0.29) is 43.0 Å². The molecule has 0 spiro atoms. The number of aliphatic imine (C=N–C) groups is 1. The number of aliphatic hydroxyl groups excluding tert-OH is 1. The average molecular weight is 493 g/mol. The first-order valence-electron chi connectivity index (χ1n) is 8.20. The quantitative estimate of drug-likeness (QED) is 0.327. The third kappa shape index (κ3) is 7.37. The molecule has 0 fully saturated rings. The predicted octanol–water partition coefficient (Wildman–Crippen LogP) is 3.76. The van der Waals surface area contributed by atoms with Crippen molar-refractivity contribution in [1.29, 1.82) is 0 Å². The van der Waals surface area contributed by atoms with Crippen molar-refractivity contribution < 1.29 is 18.3 Å². The van der Waals surface area contributed by atoms with Crippen LogP contribution in [0.15, 0.2) is 59.6 Å². The van der Waals surface area contributed by atoms with Crippen molar-refractivity contribution in [3.63, 3.8) is 0 Å². The molecule has 148 valence electrons. The van der Waals surface area contributed by atoms with Gasteiger partial charge in [0.2, 0.25) is 0 Å². The molecule has 2 rings (SSSR count). The van der Waals surface area contributed by atoms with Crippen LogP contribution in [0.25, 0.3) is 0 Å². The highest BCUT2D eigenvalue weighted by Crippen LogP contribution is 2.29. The average Bonchev–Trinajstić information content (AvgIpc) is 2.65. The number of benzene rings is 2. The highest BCUT2D eigenvalue weighted by molar-refractivity contribution is 14.0. The molecular weight excluding hydrogens is 470 g/mol. The molecule has 2 aromatic carbocycles. The van der Waals surface area contributed by atoms with E-state index in [0.29, 0.717) is 18.1 Å². The minimum absolute atomic E-state index is 0. The van der Waals surface area contributed by atoms with Crippen molar-refractivity contribution in [3.8, 4) is 0 Å². The Labute approximate surface area is 173 Å². The molecule has 0 aromatic heterocycles. The second kappa shape index (κ2) is 11.1. The van der Waals surface area contributed by atoms with Crippen LogP contribution < -0.4 is 10.6 Å². The lowest BCUT2D eigenvalue weighted by atomic mass is 10.0. The molecule has 0 aliphatic carbocycles. The van der Waals surface area contributed by atoms with Gasteiger partial charge in [0.1, 0.15) is 0 Å². The van der Waals surface area contributed by atoms with Crippen molar-refractivity contribution in [2.24, 2.45) is 4.99 Å². The first-order chi connectivity index (χ1) is 12.4. The van der Waals surface area contributed by atoms with Gasteiger partial charge in [-0.3, -0.25) is 4.99 Å². The standard InChI is InChI=1S/C19H22F3N3O.HI/c1-23-18(25-12-16(13-26)15-7-3-2-4-8-15)24-11-14-6-5-9-17(10-14)19(20,21)22;/h2-10,16,26H,11-13H2,1H3,(H2,23,24,25);1H. The fraction of sp³-hybridized carbons (Fsp3) is 0.316. The van der Waals surface area contributed by atoms with Crippen molar-refractivity contribution in [3.05, 3.63) is 71.3 Å². The Hall–Kier alpha value is -1.81. The Bertz CT molecular complexity index is 724. The molecule has 1 atom stereocenters. The SMILES string of the molecule is CN=C(NCc1cccc(C(F)(F)F)c1)NCC(CO)c1ccccc1.I. The summed E-state index contributed by atoms with van der Waals surface area (Å²) < 4.78 is 38.3. The van der Waals surface area contributed by atoms with Crippen LogP contribution in [0.5, 0.6) is 0 Å². The van der Waals surface area contributed by atoms with E-state index < -0.39 is 11.7 Å². The van der Waals surface area contributed by atoms with Crippen molar-refractivity contribution in [2.45, 2.75) is 18.6 Å². The molecular formula is C19H23F3IN3O. The summed E-state index contributed by atoms with van der Waals surface area (Å²) in [5.74, 6) is 0.347. The fourth-order valence-corrected chi connectivity index (χ4v) is 2.50. The predicted molar refractivity (Wildman–Crippen MR) is 111 cm³/mol. The zero-order valence-electron chi connectivity index (χ0n) is 14.8. The van der Waals surface area contributed by atoms with Gasteiger partial charge in [-0.05, 0) is 23.3 Å². The number of aliphatic hydroxyl groups is 1. The molecule has 8 heteroatoms. The summed E-state index contributed by atoms with van der Waals surface area (Å²) in [6.07, 6.45) is -4.36. The molecule has 3 N–H and O–H groups in total. The molecule has 0 amide bonds. The molecule has 27 heavy (non-hydrogen) atoms. The van der Waals surface area contributed by atoms with E-state index in [1.54, 1.807) is 13.1 Å². The maximum Gasteiger partial charge on any atom is 0.416 e. The molecule has 4 nitrogen and oxygen atoms in total. The minimum atomic E-state index is -4.36. The third-order valence-corrected chi connectivity index (χ3v) is 3.95. The summed E-state index contributed by atoms with van der Waals surface area (Å²) >= 11 is 0. The Kier molecular flexibility index (Phi) is 9.57. The van der Waals surface area contributed by atoms with Crippen LogP contribution in [0, 0.1) is 0 Å². The van der Waals surface area contributed by atoms with Gasteiger partial charge in [-0.25, -0.2) is 0 Å². The molecule has 0 saturated carbocycles. The van der Waals surface area contributed by atoms with Crippen molar-refractivity contribution >= 4 is 29.9 Å². The Morgan fingerprint density at radius 2 is 1.78 bits per heavy atom. The second-order valence-corrected chi connectivity index (χ2v) is 5.79. The van der Waals surface area contributed by atoms with Gasteiger partial charge in [0.25, 0.3) is 0 Å². The van der Waals surface area contributed by atoms with Crippen molar-refractivity contribution in [1.82, 2.24) is 10.6 Å². The van der Waals surface area contributed by atoms with Gasteiger partial charge in [-0.1, -0.05) is 42.5 Å². The molecule has 0 bridgehead atoms. The molecule has 0 aliphatic heterocycles. The van der Waals surface area contributed by atoms with E-state index in [2.05, 4.69) is 15.6 Å². The lowest BCUT2D eigenvalue weighted by molar-refractivity contribution is -0.137. The van der Waals surface area contributed by atoms with E-state index in [0.717, 1.165) is 17.7 Å². The zero-order valence-corrected chi connectivity index (χ0v) is 17.2. The van der Waals surface area contributed by atoms with E-state index in [1.807, 2.05) is 30.3 Å². The van der Waals surface area contributed by atoms with Crippen LogP contribution in [0.3, 0.4) is 0 Å². The summed E-state index contributed by atoms with van der Waals surface area (Å²) in [5.41, 5.74) is 0.824. The van der Waals surface area contributed by atoms with Crippen LogP contribution in [-0.2, 0) is 12.7 Å². The maximum absolute atomic E-state index is 12.8. The fourth-order valence-electron chi connectivity index (χ4n) is 2.50. The summed E-state index contributed by atoms with van der Waals surface area (Å²) in [6, 6.07) is 14.7. The number of rotatable bonds is 6. The first kappa shape index (κ1) is 23.2. The minimum Gasteiger partial charge on any atom is -0.396 e. The lowest BCUT2D eigenvalue weighted by Gasteiger charge is -2.18. The number of guanidine groups is 1. The molecule has 0 radical (unpaired) electrons. The van der Waals surface area contributed by atoms with E-state index in [9.17, 15) is 18.3 Å². The van der Waals surface area contributed by atoms with Gasteiger partial charge >= 0.3 is 6.18 Å². The Balaban J connectivity index is 0.00000364. The van der Waals surface area contributed by atoms with Gasteiger partial charge in [0.15, 0.2) is 5.96 Å². The number of nitrogens with one attached hydrogen (secondary N) is 2. The maximum atomic E-state index is 12.8. The van der Waals surface area contributed by atoms with Gasteiger partial charge in [-0.2, -0.15) is 13.2 Å². The molecule has 0 heterocycles. The molecule has 0 saturated heterocycles. The highest BCUT2D eigenvalue weighted by atomic mass is 127. The van der Waals surface area contributed by atoms with Crippen LogP contribution in [0.1, 0.15) is 22.6 Å². The topological polar surface area (TPSA) is 56.7 Å². The van der Waals surface area contributed by atoms with Crippen LogP contribution in [-0.4, -0.2) is 31.3 Å². The number of nitrogens with zero attached hydrogens (tertiary/aromatic N) is 1. The monoisotopic (exact) mass is 493 g/mol. The van der Waals surface area contributed by atoms with Gasteiger partial charge < -0.3 is 15.7 Å². The van der Waals surface area contributed by atoms with Crippen molar-refractivity contribution in [2.75, 3.05) is 20.2 Å². The van der Waals surface area contributed by atoms with Gasteiger partial charge in [0, 0.05) is 26.1 Å². The Morgan fingerprint density at radius 1 is 1.07 bits per heavy atom. The third-order valence-electron chi connectivity index (χ3n) is 3.95. The number of hydrogen-bond donors (Lipinski definition) is 3. The highest BCUT2D eigenvalue weighted by Gasteiger charge is 2.30. The Morgan fingerprint density at radius 3 is 2.37 bits per heavy atom.